The number of terminal acetylenes is 1. The molecule has 1 aromatic rings. The van der Waals surface area contributed by atoms with Crippen molar-refractivity contribution in [3.05, 3.63) is 34.3 Å². The minimum atomic E-state index is 0. The van der Waals surface area contributed by atoms with Crippen molar-refractivity contribution in [2.45, 2.75) is 19.9 Å². The number of hydrogen-bond acceptors (Lipinski definition) is 2. The highest BCUT2D eigenvalue weighted by Gasteiger charge is 2.10. The van der Waals surface area contributed by atoms with Gasteiger partial charge in [0.05, 0.1) is 13.1 Å². The van der Waals surface area contributed by atoms with E-state index in [0.29, 0.717) is 32.0 Å². The Labute approximate surface area is 169 Å². The zero-order valence-electron chi connectivity index (χ0n) is 14.0. The molecule has 1 rings (SSSR count). The van der Waals surface area contributed by atoms with Crippen LogP contribution in [-0.2, 0) is 11.3 Å². The molecule has 0 fully saturated rings. The number of guanidine groups is 1. The molecule has 0 radical (unpaired) electrons. The molecule has 0 unspecified atom stereocenters. The highest BCUT2D eigenvalue weighted by Crippen LogP contribution is 2.17. The van der Waals surface area contributed by atoms with Crippen molar-refractivity contribution >= 4 is 51.8 Å². The molecule has 0 atom stereocenters. The van der Waals surface area contributed by atoms with Crippen molar-refractivity contribution in [2.24, 2.45) is 4.99 Å². The molecule has 0 aliphatic rings. The topological polar surface area (TPSA) is 56.7 Å². The molecule has 7 heteroatoms. The molecule has 1 aromatic carbocycles. The Morgan fingerprint density at radius 2 is 2.08 bits per heavy atom. The third-order valence-electron chi connectivity index (χ3n) is 3.09. The summed E-state index contributed by atoms with van der Waals surface area (Å²) in [4.78, 5) is 18.2. The first-order valence-corrected chi connectivity index (χ1v) is 8.30. The third kappa shape index (κ3) is 8.55. The predicted molar refractivity (Wildman–Crippen MR) is 113 cm³/mol. The first-order chi connectivity index (χ1) is 11.1. The lowest BCUT2D eigenvalue weighted by Crippen LogP contribution is -2.37. The Balaban J connectivity index is 0.00000529. The first-order valence-electron chi connectivity index (χ1n) is 7.51. The molecule has 0 heterocycles. The smallest absolute Gasteiger partial charge is 0.224 e. The summed E-state index contributed by atoms with van der Waals surface area (Å²) in [5.41, 5.74) is 1.08. The van der Waals surface area contributed by atoms with Crippen LogP contribution in [0.5, 0.6) is 0 Å². The normalized spacial score (nSPS) is 10.3. The van der Waals surface area contributed by atoms with E-state index in [2.05, 4.69) is 37.5 Å². The van der Waals surface area contributed by atoms with Crippen molar-refractivity contribution in [1.29, 1.82) is 0 Å². The maximum absolute atomic E-state index is 12.2. The lowest BCUT2D eigenvalue weighted by atomic mass is 10.2. The van der Waals surface area contributed by atoms with Gasteiger partial charge in [0.15, 0.2) is 5.96 Å². The highest BCUT2D eigenvalue weighted by molar-refractivity contribution is 14.0. The summed E-state index contributed by atoms with van der Waals surface area (Å²) in [6, 6.07) is 7.88. The Bertz CT molecular complexity index is 586. The fourth-order valence-corrected chi connectivity index (χ4v) is 2.31. The van der Waals surface area contributed by atoms with Gasteiger partial charge in [-0.25, -0.2) is 0 Å². The Kier molecular flexibility index (Phi) is 12.4. The molecular weight excluding hydrogens is 483 g/mol. The molecule has 1 amide bonds. The molecule has 0 spiro atoms. The molecule has 0 bridgehead atoms. The second kappa shape index (κ2) is 13.1. The van der Waals surface area contributed by atoms with E-state index in [-0.39, 0.29) is 29.9 Å². The van der Waals surface area contributed by atoms with Crippen LogP contribution in [0.2, 0.25) is 0 Å². The van der Waals surface area contributed by atoms with Crippen LogP contribution >= 0.6 is 39.9 Å². The van der Waals surface area contributed by atoms with Crippen LogP contribution in [0.1, 0.15) is 18.9 Å². The van der Waals surface area contributed by atoms with E-state index in [0.717, 1.165) is 16.6 Å². The second-order valence-corrected chi connectivity index (χ2v) is 5.76. The number of hydrogen-bond donors (Lipinski definition) is 2. The number of rotatable bonds is 7. The number of carbonyl (C=O) groups excluding carboxylic acids is 1. The van der Waals surface area contributed by atoms with Gasteiger partial charge < -0.3 is 15.5 Å². The average Bonchev–Trinajstić information content (AvgIpc) is 2.54. The van der Waals surface area contributed by atoms with Gasteiger partial charge >= 0.3 is 0 Å². The van der Waals surface area contributed by atoms with Gasteiger partial charge in [-0.3, -0.25) is 9.79 Å². The number of halogens is 2. The SMILES string of the molecule is C#CCNC(=NCCC(=O)N(C)Cc1ccccc1Br)NCC.I. The van der Waals surface area contributed by atoms with E-state index in [9.17, 15) is 4.79 Å². The van der Waals surface area contributed by atoms with Crippen molar-refractivity contribution in [3.63, 3.8) is 0 Å². The minimum Gasteiger partial charge on any atom is -0.357 e. The summed E-state index contributed by atoms with van der Waals surface area (Å²) in [7, 11) is 1.80. The zero-order valence-corrected chi connectivity index (χ0v) is 17.9. The molecule has 0 aromatic heterocycles. The number of nitrogens with zero attached hydrogens (tertiary/aromatic N) is 2. The molecule has 24 heavy (non-hydrogen) atoms. The number of nitrogens with one attached hydrogen (secondary N) is 2. The van der Waals surface area contributed by atoms with Gasteiger partial charge in [-0.15, -0.1) is 30.4 Å². The van der Waals surface area contributed by atoms with Crippen LogP contribution in [0.4, 0.5) is 0 Å². The Morgan fingerprint density at radius 1 is 1.38 bits per heavy atom. The highest BCUT2D eigenvalue weighted by atomic mass is 127. The van der Waals surface area contributed by atoms with E-state index >= 15 is 0 Å². The van der Waals surface area contributed by atoms with Crippen LogP contribution in [0.3, 0.4) is 0 Å². The summed E-state index contributed by atoms with van der Waals surface area (Å²) < 4.78 is 1.01. The van der Waals surface area contributed by atoms with Crippen molar-refractivity contribution in [3.8, 4) is 12.3 Å². The average molecular weight is 507 g/mol. The fourth-order valence-electron chi connectivity index (χ4n) is 1.90. The first kappa shape index (κ1) is 22.7. The molecule has 132 valence electrons. The van der Waals surface area contributed by atoms with Gasteiger partial charge in [0.25, 0.3) is 0 Å². The molecule has 0 saturated heterocycles. The van der Waals surface area contributed by atoms with Crippen LogP contribution in [0.25, 0.3) is 0 Å². The van der Waals surface area contributed by atoms with Crippen molar-refractivity contribution in [1.82, 2.24) is 15.5 Å². The zero-order chi connectivity index (χ0) is 17.1. The maximum atomic E-state index is 12.2. The van der Waals surface area contributed by atoms with Crippen LogP contribution < -0.4 is 10.6 Å². The summed E-state index contributed by atoms with van der Waals surface area (Å²) in [5, 5.41) is 6.07. The van der Waals surface area contributed by atoms with E-state index < -0.39 is 0 Å². The second-order valence-electron chi connectivity index (χ2n) is 4.91. The number of carbonyl (C=O) groups is 1. The molecule has 2 N–H and O–H groups in total. The summed E-state index contributed by atoms with van der Waals surface area (Å²) in [6.45, 7) is 4.11. The maximum Gasteiger partial charge on any atom is 0.224 e. The van der Waals surface area contributed by atoms with Crippen molar-refractivity contribution in [2.75, 3.05) is 26.7 Å². The lowest BCUT2D eigenvalue weighted by molar-refractivity contribution is -0.130. The summed E-state index contributed by atoms with van der Waals surface area (Å²) >= 11 is 3.49. The van der Waals surface area contributed by atoms with Gasteiger partial charge in [-0.1, -0.05) is 40.0 Å². The largest absolute Gasteiger partial charge is 0.357 e. The number of amides is 1. The molecule has 5 nitrogen and oxygen atoms in total. The Hall–Kier alpha value is -1.27. The molecular formula is C17H24BrIN4O. The van der Waals surface area contributed by atoms with E-state index in [1.807, 2.05) is 31.2 Å². The summed E-state index contributed by atoms with van der Waals surface area (Å²) in [6.07, 6.45) is 5.57. The molecule has 0 aliphatic heterocycles. The van der Waals surface area contributed by atoms with Crippen LogP contribution in [0.15, 0.2) is 33.7 Å². The minimum absolute atomic E-state index is 0. The van der Waals surface area contributed by atoms with Gasteiger partial charge in [-0.2, -0.15) is 0 Å². The number of benzene rings is 1. The van der Waals surface area contributed by atoms with Gasteiger partial charge in [0.2, 0.25) is 5.91 Å². The fraction of sp³-hybridized carbons (Fsp3) is 0.412. The van der Waals surface area contributed by atoms with Gasteiger partial charge in [0.1, 0.15) is 0 Å². The van der Waals surface area contributed by atoms with Crippen molar-refractivity contribution < 1.29 is 4.79 Å². The quantitative estimate of drug-likeness (QED) is 0.259. The summed E-state index contributed by atoms with van der Waals surface area (Å²) in [5.74, 6) is 3.18. The third-order valence-corrected chi connectivity index (χ3v) is 3.86. The molecule has 0 saturated carbocycles. The number of aliphatic imine (C=N–C) groups is 1. The molecule has 0 aliphatic carbocycles. The standard InChI is InChI=1S/C17H23BrN4O.HI/c1-4-11-20-17(19-5-2)21-12-10-16(23)22(3)13-14-8-6-7-9-15(14)18;/h1,6-9H,5,10-13H2,2-3H3,(H2,19,20,21);1H. The van der Waals surface area contributed by atoms with Crippen LogP contribution in [0, 0.1) is 12.3 Å². The van der Waals surface area contributed by atoms with Gasteiger partial charge in [-0.05, 0) is 18.6 Å². The van der Waals surface area contributed by atoms with E-state index in [1.165, 1.54) is 0 Å². The lowest BCUT2D eigenvalue weighted by Gasteiger charge is -2.18. The predicted octanol–water partition coefficient (Wildman–Crippen LogP) is 2.60. The van der Waals surface area contributed by atoms with E-state index in [1.54, 1.807) is 11.9 Å². The Morgan fingerprint density at radius 3 is 2.71 bits per heavy atom. The van der Waals surface area contributed by atoms with Gasteiger partial charge in [0, 0.05) is 31.0 Å². The monoisotopic (exact) mass is 506 g/mol. The van der Waals surface area contributed by atoms with E-state index in [4.69, 9.17) is 6.42 Å². The van der Waals surface area contributed by atoms with Crippen LogP contribution in [-0.4, -0.2) is 43.4 Å².